The number of rotatable bonds is 19. The molecule has 4 fully saturated rings. The van der Waals surface area contributed by atoms with E-state index in [4.69, 9.17) is 32.4 Å². The maximum atomic E-state index is 13.7. The van der Waals surface area contributed by atoms with Gasteiger partial charge in [0.15, 0.2) is 0 Å². The second-order valence-corrected chi connectivity index (χ2v) is 17.6. The summed E-state index contributed by atoms with van der Waals surface area (Å²) in [6.45, 7) is 11.7. The summed E-state index contributed by atoms with van der Waals surface area (Å²) in [5.41, 5.74) is 13.3. The largest absolute Gasteiger partial charge is 0.481 e. The Morgan fingerprint density at radius 1 is 0.780 bits per heavy atom. The molecule has 2 bridgehead atoms. The fourth-order valence-corrected chi connectivity index (χ4v) is 8.85. The Kier molecular flexibility index (Phi) is 15.2. The van der Waals surface area contributed by atoms with Crippen LogP contribution in [0.2, 0.25) is 5.02 Å². The third kappa shape index (κ3) is 10.6. The molecule has 0 spiro atoms. The summed E-state index contributed by atoms with van der Waals surface area (Å²) >= 11 is 6.00. The van der Waals surface area contributed by atoms with Crippen molar-refractivity contribution in [2.45, 2.75) is 128 Å². The lowest BCUT2D eigenvalue weighted by atomic mass is 9.43. The van der Waals surface area contributed by atoms with Crippen molar-refractivity contribution in [3.63, 3.8) is 0 Å². The number of nitrogens with two attached hydrogens (primary N) is 2. The summed E-state index contributed by atoms with van der Waals surface area (Å²) in [4.78, 5) is 67.2. The van der Waals surface area contributed by atoms with Gasteiger partial charge in [-0.05, 0) is 132 Å². The third-order valence-electron chi connectivity index (χ3n) is 12.5. The van der Waals surface area contributed by atoms with Gasteiger partial charge in [0, 0.05) is 10.6 Å². The second-order valence-electron chi connectivity index (χ2n) is 17.1. The van der Waals surface area contributed by atoms with E-state index in [1.807, 2.05) is 19.1 Å². The zero-order chi connectivity index (χ0) is 43.2. The highest BCUT2D eigenvalue weighted by molar-refractivity contribution is 6.47. The molecule has 0 aromatic heterocycles. The van der Waals surface area contributed by atoms with Crippen LogP contribution in [0, 0.1) is 17.3 Å². The van der Waals surface area contributed by atoms with E-state index in [1.165, 1.54) is 13.8 Å². The Hall–Kier alpha value is -4.06. The van der Waals surface area contributed by atoms with Gasteiger partial charge >= 0.3 is 7.12 Å². The van der Waals surface area contributed by atoms with Crippen LogP contribution in [0.15, 0.2) is 48.5 Å². The summed E-state index contributed by atoms with van der Waals surface area (Å²) in [6.07, 6.45) is 2.09. The first kappa shape index (κ1) is 46.0. The lowest BCUT2D eigenvalue weighted by Crippen LogP contribution is -2.65. The molecular formula is C42H61BClN7O8. The highest BCUT2D eigenvalue weighted by Crippen LogP contribution is 2.65. The number of benzene rings is 2. The molecule has 1 aliphatic heterocycles. The number of amides is 5. The Morgan fingerprint density at radius 2 is 1.39 bits per heavy atom. The number of halogens is 1. The number of aliphatic hydroxyl groups is 1. The van der Waals surface area contributed by atoms with Gasteiger partial charge in [0.1, 0.15) is 24.2 Å². The van der Waals surface area contributed by atoms with Gasteiger partial charge < -0.3 is 52.5 Å². The lowest BCUT2D eigenvalue weighted by Gasteiger charge is -2.64. The first-order chi connectivity index (χ1) is 27.9. The van der Waals surface area contributed by atoms with Crippen LogP contribution in [0.25, 0.3) is 11.1 Å². The van der Waals surface area contributed by atoms with Crippen LogP contribution in [-0.2, 0) is 28.5 Å². The molecule has 3 aliphatic carbocycles. The zero-order valence-corrected chi connectivity index (χ0v) is 35.6. The molecule has 59 heavy (non-hydrogen) atoms. The van der Waals surface area contributed by atoms with Gasteiger partial charge in [-0.1, -0.05) is 49.7 Å². The third-order valence-corrected chi connectivity index (χ3v) is 12.8. The SMILES string of the molecule is C[C@H](NC(=O)[C@H](CCCCN)NC(=O)[C@H](C)NC(=O)[C@@H](NC(=O)[C@H](CCN)NC(=O)c1ccc(-c2ccc(Cl)cc2)cc1)[C@@H](C)O)B1O[C@@H]2C[C@@H]3C[C@@H](C3(C)C)[C@]2(C)O1. The fraction of sp³-hybridized carbons (Fsp3) is 0.595. The average Bonchev–Trinajstić information content (AvgIpc) is 3.57. The molecule has 15 nitrogen and oxygen atoms in total. The summed E-state index contributed by atoms with van der Waals surface area (Å²) in [7, 11) is -0.652. The maximum Gasteiger partial charge on any atom is 0.481 e. The minimum Gasteiger partial charge on any atom is -0.404 e. The molecule has 322 valence electrons. The Bertz CT molecular complexity index is 1820. The van der Waals surface area contributed by atoms with Crippen molar-refractivity contribution in [3.05, 3.63) is 59.1 Å². The van der Waals surface area contributed by atoms with Crippen LogP contribution in [0.1, 0.15) is 90.4 Å². The number of hydrogen-bond acceptors (Lipinski definition) is 10. The van der Waals surface area contributed by atoms with Crippen molar-refractivity contribution in [1.29, 1.82) is 0 Å². The van der Waals surface area contributed by atoms with Gasteiger partial charge in [-0.3, -0.25) is 24.0 Å². The van der Waals surface area contributed by atoms with Crippen LogP contribution in [0.4, 0.5) is 0 Å². The number of carbonyl (C=O) groups is 5. The monoisotopic (exact) mass is 837 g/mol. The van der Waals surface area contributed by atoms with Crippen molar-refractivity contribution < 1.29 is 38.4 Å². The van der Waals surface area contributed by atoms with Crippen molar-refractivity contribution >= 4 is 48.3 Å². The van der Waals surface area contributed by atoms with Gasteiger partial charge in [-0.15, -0.1) is 0 Å². The van der Waals surface area contributed by atoms with E-state index in [0.29, 0.717) is 48.2 Å². The van der Waals surface area contributed by atoms with E-state index in [2.05, 4.69) is 47.4 Å². The molecule has 6 rings (SSSR count). The molecule has 2 aromatic rings. The summed E-state index contributed by atoms with van der Waals surface area (Å²) in [5, 5.41) is 24.6. The highest BCUT2D eigenvalue weighted by Gasteiger charge is 2.68. The Balaban J connectivity index is 1.15. The minimum absolute atomic E-state index is 0.0370. The van der Waals surface area contributed by atoms with Crippen LogP contribution in [-0.4, -0.2) is 103 Å². The molecule has 0 unspecified atom stereocenters. The molecule has 4 aliphatic rings. The highest BCUT2D eigenvalue weighted by atomic mass is 35.5. The molecule has 1 saturated heterocycles. The van der Waals surface area contributed by atoms with Gasteiger partial charge in [-0.25, -0.2) is 0 Å². The van der Waals surface area contributed by atoms with Gasteiger partial charge in [0.2, 0.25) is 23.6 Å². The van der Waals surface area contributed by atoms with Crippen molar-refractivity contribution in [3.8, 4) is 11.1 Å². The first-order valence-electron chi connectivity index (χ1n) is 20.7. The molecule has 0 radical (unpaired) electrons. The van der Waals surface area contributed by atoms with Crippen molar-refractivity contribution in [1.82, 2.24) is 26.6 Å². The number of nitrogens with one attached hydrogen (secondary N) is 5. The molecule has 10 N–H and O–H groups in total. The topological polar surface area (TPSA) is 236 Å². The zero-order valence-electron chi connectivity index (χ0n) is 34.9. The number of aliphatic hydroxyl groups excluding tert-OH is 1. The second kappa shape index (κ2) is 19.6. The first-order valence-corrected chi connectivity index (χ1v) is 21.1. The van der Waals surface area contributed by atoms with E-state index in [0.717, 1.165) is 24.0 Å². The van der Waals surface area contributed by atoms with Crippen LogP contribution >= 0.6 is 11.6 Å². The molecule has 5 amide bonds. The Morgan fingerprint density at radius 3 is 1.98 bits per heavy atom. The fourth-order valence-electron chi connectivity index (χ4n) is 8.73. The summed E-state index contributed by atoms with van der Waals surface area (Å²) in [6, 6.07) is 9.27. The van der Waals surface area contributed by atoms with Crippen LogP contribution in [0.3, 0.4) is 0 Å². The normalized spacial score (nSPS) is 24.5. The van der Waals surface area contributed by atoms with Gasteiger partial charge in [0.25, 0.3) is 5.91 Å². The molecule has 3 saturated carbocycles. The molecule has 1 heterocycles. The van der Waals surface area contributed by atoms with Gasteiger partial charge in [-0.2, -0.15) is 0 Å². The number of hydrogen-bond donors (Lipinski definition) is 8. The molecule has 2 aromatic carbocycles. The van der Waals surface area contributed by atoms with Crippen molar-refractivity contribution in [2.75, 3.05) is 13.1 Å². The van der Waals surface area contributed by atoms with E-state index >= 15 is 0 Å². The van der Waals surface area contributed by atoms with Gasteiger partial charge in [0.05, 0.1) is 23.8 Å². The van der Waals surface area contributed by atoms with Crippen LogP contribution in [0.5, 0.6) is 0 Å². The standard InChI is InChI=1S/C42H61BClN7O8/c1-23(36(53)49-31(9-7-8-19-45)38(55)48-25(3)43-58-34-22-29-21-33(41(29,4)5)42(34,6)59-43)47-40(57)35(24(2)52)51-39(56)32(18-20-46)50-37(54)28-12-10-26(11-13-28)27-14-16-30(44)17-15-27/h10-17,23-25,29,31-35,52H,7-9,18-22,45-46H2,1-6H3,(H,47,57)(H,48,55)(H,49,53)(H,50,54)(H,51,56)/t23-,24+,25-,29-,31-,32-,33-,34+,35-,42-/m0/s1. The predicted molar refractivity (Wildman–Crippen MR) is 226 cm³/mol. The van der Waals surface area contributed by atoms with E-state index in [9.17, 15) is 29.1 Å². The average molecular weight is 838 g/mol. The Labute approximate surface area is 352 Å². The minimum atomic E-state index is -1.49. The predicted octanol–water partition coefficient (Wildman–Crippen LogP) is 2.21. The lowest BCUT2D eigenvalue weighted by molar-refractivity contribution is -0.199. The number of carbonyl (C=O) groups excluding carboxylic acids is 5. The molecule has 10 atom stereocenters. The maximum absolute atomic E-state index is 13.7. The molecular weight excluding hydrogens is 777 g/mol. The van der Waals surface area contributed by atoms with Crippen molar-refractivity contribution in [2.24, 2.45) is 28.7 Å². The summed E-state index contributed by atoms with van der Waals surface area (Å²) < 4.78 is 12.9. The van der Waals surface area contributed by atoms with Crippen LogP contribution < -0.4 is 38.1 Å². The quantitative estimate of drug-likeness (QED) is 0.0759. The molecule has 17 heteroatoms. The van der Waals surface area contributed by atoms with E-state index < -0.39 is 78.5 Å². The smallest absolute Gasteiger partial charge is 0.404 e. The number of unbranched alkanes of at least 4 members (excludes halogenated alkanes) is 1. The van der Waals surface area contributed by atoms with E-state index in [-0.39, 0.29) is 24.5 Å². The van der Waals surface area contributed by atoms with E-state index in [1.54, 1.807) is 36.4 Å². The summed E-state index contributed by atoms with van der Waals surface area (Å²) in [5.74, 6) is -2.81.